The molecular weight excluding hydrogens is 122 g/mol. The lowest BCUT2D eigenvalue weighted by molar-refractivity contribution is 0.0717. The summed E-state index contributed by atoms with van der Waals surface area (Å²) in [5.74, 6) is 0. The molecule has 0 unspecified atom stereocenters. The van der Waals surface area contributed by atoms with Crippen LogP contribution in [0.5, 0.6) is 0 Å². The molecule has 0 aromatic carbocycles. The summed E-state index contributed by atoms with van der Waals surface area (Å²) >= 11 is 0. The van der Waals surface area contributed by atoms with Crippen molar-refractivity contribution in [3.05, 3.63) is 0 Å². The van der Waals surface area contributed by atoms with E-state index in [1.165, 1.54) is 0 Å². The molecule has 4 heteroatoms. The van der Waals surface area contributed by atoms with Crippen LogP contribution in [0.15, 0.2) is 0 Å². The Bertz CT molecular complexity index is 115. The fraction of sp³-hybridized carbons (Fsp3) is 0.800. The third-order valence-electron chi connectivity index (χ3n) is 1.10. The molecule has 0 aromatic heterocycles. The summed E-state index contributed by atoms with van der Waals surface area (Å²) in [5, 5.41) is 2.51. The molecule has 9 heavy (non-hydrogen) atoms. The summed E-state index contributed by atoms with van der Waals surface area (Å²) in [6.07, 6.45) is -0.445. The van der Waals surface area contributed by atoms with Crippen molar-refractivity contribution in [1.82, 2.24) is 5.32 Å². The van der Waals surface area contributed by atoms with Gasteiger partial charge in [-0.2, -0.15) is 0 Å². The summed E-state index contributed by atoms with van der Waals surface area (Å²) in [7, 11) is 1.58. The van der Waals surface area contributed by atoms with E-state index in [1.807, 2.05) is 0 Å². The van der Waals surface area contributed by atoms with Crippen LogP contribution in [0.2, 0.25) is 0 Å². The highest BCUT2D eigenvalue weighted by atomic mass is 16.6. The summed E-state index contributed by atoms with van der Waals surface area (Å²) < 4.78 is 9.48. The van der Waals surface area contributed by atoms with Gasteiger partial charge in [-0.25, -0.2) is 4.79 Å². The first-order valence-corrected chi connectivity index (χ1v) is 2.76. The van der Waals surface area contributed by atoms with Crippen LogP contribution in [-0.2, 0) is 9.47 Å². The van der Waals surface area contributed by atoms with Gasteiger partial charge in [0, 0.05) is 7.11 Å². The summed E-state index contributed by atoms with van der Waals surface area (Å²) in [4.78, 5) is 10.3. The summed E-state index contributed by atoms with van der Waals surface area (Å²) in [6, 6.07) is 0. The second-order valence-electron chi connectivity index (χ2n) is 1.86. The zero-order valence-corrected chi connectivity index (χ0v) is 5.22. The van der Waals surface area contributed by atoms with Crippen LogP contribution in [0.1, 0.15) is 0 Å². The van der Waals surface area contributed by atoms with Crippen molar-refractivity contribution in [2.24, 2.45) is 0 Å². The number of alkyl carbamates (subject to hydrolysis) is 1. The van der Waals surface area contributed by atoms with E-state index < -0.39 is 0 Å². The van der Waals surface area contributed by atoms with Gasteiger partial charge < -0.3 is 14.8 Å². The Morgan fingerprint density at radius 1 is 2.00 bits per heavy atom. The molecule has 1 heterocycles. The third-order valence-corrected chi connectivity index (χ3v) is 1.10. The second-order valence-corrected chi connectivity index (χ2v) is 1.86. The van der Waals surface area contributed by atoms with Gasteiger partial charge in [-0.05, 0) is 0 Å². The molecule has 52 valence electrons. The minimum absolute atomic E-state index is 0.0949. The number of ether oxygens (including phenoxy) is 2. The van der Waals surface area contributed by atoms with Crippen LogP contribution in [0.3, 0.4) is 0 Å². The average Bonchev–Trinajstić information content (AvgIpc) is 2.17. The van der Waals surface area contributed by atoms with Crippen LogP contribution in [-0.4, -0.2) is 32.5 Å². The number of methoxy groups -OCH3 is 1. The molecule has 1 atom stereocenters. The molecule has 0 spiro atoms. The van der Waals surface area contributed by atoms with E-state index in [0.29, 0.717) is 13.2 Å². The minimum atomic E-state index is -0.350. The lowest BCUT2D eigenvalue weighted by atomic mass is 10.4. The molecule has 1 aliphatic heterocycles. The molecule has 0 saturated carbocycles. The quantitative estimate of drug-likeness (QED) is 0.561. The SMILES string of the molecule is COC[C@@H]1CNC(=O)O1. The van der Waals surface area contributed by atoms with Gasteiger partial charge in [0.05, 0.1) is 13.2 Å². The van der Waals surface area contributed by atoms with Crippen LogP contribution < -0.4 is 5.32 Å². The fourth-order valence-corrected chi connectivity index (χ4v) is 0.711. The molecule has 1 amide bonds. The zero-order chi connectivity index (χ0) is 6.69. The van der Waals surface area contributed by atoms with E-state index in [1.54, 1.807) is 7.11 Å². The number of carbonyl (C=O) groups is 1. The van der Waals surface area contributed by atoms with Crippen LogP contribution in [0.4, 0.5) is 4.79 Å². The zero-order valence-electron chi connectivity index (χ0n) is 5.22. The van der Waals surface area contributed by atoms with Crippen molar-refractivity contribution >= 4 is 6.09 Å². The maximum absolute atomic E-state index is 10.3. The monoisotopic (exact) mass is 131 g/mol. The van der Waals surface area contributed by atoms with Crippen LogP contribution in [0.25, 0.3) is 0 Å². The summed E-state index contributed by atoms with van der Waals surface area (Å²) in [6.45, 7) is 1.03. The largest absolute Gasteiger partial charge is 0.442 e. The van der Waals surface area contributed by atoms with Crippen molar-refractivity contribution in [3.8, 4) is 0 Å². The molecule has 1 saturated heterocycles. The molecule has 1 aliphatic rings. The predicted molar refractivity (Wildman–Crippen MR) is 30.1 cm³/mol. The Morgan fingerprint density at radius 3 is 3.22 bits per heavy atom. The molecule has 0 bridgehead atoms. The second kappa shape index (κ2) is 2.68. The maximum atomic E-state index is 10.3. The maximum Gasteiger partial charge on any atom is 0.407 e. The van der Waals surface area contributed by atoms with Crippen molar-refractivity contribution in [1.29, 1.82) is 0 Å². The first-order chi connectivity index (χ1) is 4.33. The smallest absolute Gasteiger partial charge is 0.407 e. The molecule has 4 nitrogen and oxygen atoms in total. The Labute approximate surface area is 53.1 Å². The Balaban J connectivity index is 2.22. The topological polar surface area (TPSA) is 47.6 Å². The molecular formula is C5H9NO3. The highest BCUT2D eigenvalue weighted by molar-refractivity contribution is 5.69. The van der Waals surface area contributed by atoms with Crippen molar-refractivity contribution in [3.63, 3.8) is 0 Å². The minimum Gasteiger partial charge on any atom is -0.442 e. The van der Waals surface area contributed by atoms with Gasteiger partial charge in [0.2, 0.25) is 0 Å². The van der Waals surface area contributed by atoms with Crippen molar-refractivity contribution in [2.75, 3.05) is 20.3 Å². The third kappa shape index (κ3) is 1.57. The van der Waals surface area contributed by atoms with Crippen molar-refractivity contribution < 1.29 is 14.3 Å². The van der Waals surface area contributed by atoms with Crippen LogP contribution in [0, 0.1) is 0 Å². The predicted octanol–water partition coefficient (Wildman–Crippen LogP) is -0.259. The molecule has 0 aromatic rings. The number of carbonyl (C=O) groups excluding carboxylic acids is 1. The van der Waals surface area contributed by atoms with E-state index in [4.69, 9.17) is 9.47 Å². The number of nitrogens with one attached hydrogen (secondary N) is 1. The molecule has 1 rings (SSSR count). The van der Waals surface area contributed by atoms with E-state index >= 15 is 0 Å². The molecule has 1 fully saturated rings. The lowest BCUT2D eigenvalue weighted by Gasteiger charge is -2.03. The normalized spacial score (nSPS) is 25.4. The van der Waals surface area contributed by atoms with E-state index in [9.17, 15) is 4.79 Å². The first kappa shape index (κ1) is 6.35. The van der Waals surface area contributed by atoms with E-state index in [0.717, 1.165) is 0 Å². The number of hydrogen-bond acceptors (Lipinski definition) is 3. The van der Waals surface area contributed by atoms with Crippen LogP contribution >= 0.6 is 0 Å². The molecule has 0 radical (unpaired) electrons. The van der Waals surface area contributed by atoms with Gasteiger partial charge in [-0.1, -0.05) is 0 Å². The fourth-order valence-electron chi connectivity index (χ4n) is 0.711. The number of hydrogen-bond donors (Lipinski definition) is 1. The summed E-state index contributed by atoms with van der Waals surface area (Å²) in [5.41, 5.74) is 0. The van der Waals surface area contributed by atoms with Crippen molar-refractivity contribution in [2.45, 2.75) is 6.10 Å². The van der Waals surface area contributed by atoms with Gasteiger partial charge in [-0.15, -0.1) is 0 Å². The molecule has 1 N–H and O–H groups in total. The Hall–Kier alpha value is -0.770. The first-order valence-electron chi connectivity index (χ1n) is 2.76. The highest BCUT2D eigenvalue weighted by Crippen LogP contribution is 1.98. The van der Waals surface area contributed by atoms with Gasteiger partial charge in [0.25, 0.3) is 0 Å². The Kier molecular flexibility index (Phi) is 1.89. The number of cyclic esters (lactones) is 1. The standard InChI is InChI=1S/C5H9NO3/c1-8-3-4-2-6-5(7)9-4/h4H,2-3H2,1H3,(H,6,7)/t4-/m0/s1. The highest BCUT2D eigenvalue weighted by Gasteiger charge is 2.21. The lowest BCUT2D eigenvalue weighted by Crippen LogP contribution is -2.19. The Morgan fingerprint density at radius 2 is 2.78 bits per heavy atom. The molecule has 0 aliphatic carbocycles. The van der Waals surface area contributed by atoms with E-state index in [2.05, 4.69) is 5.32 Å². The van der Waals surface area contributed by atoms with Gasteiger partial charge in [0.1, 0.15) is 6.10 Å². The average molecular weight is 131 g/mol. The van der Waals surface area contributed by atoms with E-state index in [-0.39, 0.29) is 12.2 Å². The van der Waals surface area contributed by atoms with Gasteiger partial charge in [0.15, 0.2) is 0 Å². The van der Waals surface area contributed by atoms with Gasteiger partial charge >= 0.3 is 6.09 Å². The number of amides is 1. The number of rotatable bonds is 2. The van der Waals surface area contributed by atoms with Gasteiger partial charge in [-0.3, -0.25) is 0 Å².